The van der Waals surface area contributed by atoms with Crippen LogP contribution in [0, 0.1) is 13.8 Å². The van der Waals surface area contributed by atoms with Crippen LogP contribution in [0.5, 0.6) is 6.01 Å². The van der Waals surface area contributed by atoms with Crippen molar-refractivity contribution < 1.29 is 9.47 Å². The molecule has 1 aliphatic rings. The number of nitrogens with one attached hydrogen (secondary N) is 1. The van der Waals surface area contributed by atoms with E-state index in [9.17, 15) is 0 Å². The third-order valence-corrected chi connectivity index (χ3v) is 4.63. The maximum absolute atomic E-state index is 5.79. The van der Waals surface area contributed by atoms with E-state index in [2.05, 4.69) is 41.4 Å². The average molecular weight is 419 g/mol. The highest BCUT2D eigenvalue weighted by molar-refractivity contribution is 5.80. The zero-order valence-electron chi connectivity index (χ0n) is 17.7. The number of aromatic nitrogens is 4. The van der Waals surface area contributed by atoms with Gasteiger partial charge in [0.1, 0.15) is 5.82 Å². The molecule has 3 aromatic rings. The number of anilines is 2. The van der Waals surface area contributed by atoms with Crippen LogP contribution in [0.25, 0.3) is 0 Å². The summed E-state index contributed by atoms with van der Waals surface area (Å²) in [4.78, 5) is 19.7. The van der Waals surface area contributed by atoms with Gasteiger partial charge in [-0.3, -0.25) is 5.43 Å². The second kappa shape index (κ2) is 9.94. The maximum atomic E-state index is 5.79. The van der Waals surface area contributed by atoms with Crippen molar-refractivity contribution >= 4 is 17.9 Å². The molecule has 9 nitrogen and oxygen atoms in total. The van der Waals surface area contributed by atoms with Gasteiger partial charge in [-0.15, -0.1) is 0 Å². The lowest BCUT2D eigenvalue weighted by Crippen LogP contribution is -2.36. The first-order valence-electron chi connectivity index (χ1n) is 10.1. The highest BCUT2D eigenvalue weighted by atomic mass is 16.5. The van der Waals surface area contributed by atoms with Gasteiger partial charge in [0.2, 0.25) is 0 Å². The van der Waals surface area contributed by atoms with Crippen LogP contribution < -0.4 is 15.1 Å². The van der Waals surface area contributed by atoms with E-state index in [1.807, 2.05) is 38.1 Å². The topological polar surface area (TPSA) is 97.7 Å². The predicted octanol–water partition coefficient (Wildman–Crippen LogP) is 2.75. The Morgan fingerprint density at radius 2 is 1.90 bits per heavy atom. The monoisotopic (exact) mass is 419 g/mol. The van der Waals surface area contributed by atoms with E-state index >= 15 is 0 Å². The molecule has 2 aromatic heterocycles. The fourth-order valence-corrected chi connectivity index (χ4v) is 3.04. The minimum Gasteiger partial charge on any atom is -0.455 e. The number of hydrogen-bond donors (Lipinski definition) is 1. The van der Waals surface area contributed by atoms with Crippen molar-refractivity contribution in [3.63, 3.8) is 0 Å². The minimum absolute atomic E-state index is 0.179. The zero-order valence-corrected chi connectivity index (χ0v) is 17.7. The van der Waals surface area contributed by atoms with E-state index in [4.69, 9.17) is 9.47 Å². The van der Waals surface area contributed by atoms with Crippen LogP contribution in [0.2, 0.25) is 0 Å². The highest BCUT2D eigenvalue weighted by Gasteiger charge is 2.16. The molecule has 1 saturated heterocycles. The molecule has 9 heteroatoms. The molecular weight excluding hydrogens is 394 g/mol. The van der Waals surface area contributed by atoms with E-state index in [0.717, 1.165) is 30.0 Å². The van der Waals surface area contributed by atoms with Crippen LogP contribution >= 0.6 is 0 Å². The van der Waals surface area contributed by atoms with Crippen molar-refractivity contribution in [3.8, 4) is 6.01 Å². The van der Waals surface area contributed by atoms with Gasteiger partial charge < -0.3 is 14.4 Å². The molecule has 1 aromatic carbocycles. The fourth-order valence-electron chi connectivity index (χ4n) is 3.04. The standard InChI is InChI=1S/C22H25N7O2/c1-16-4-3-5-18(10-16)14-25-28-19-11-21(29-6-8-30-9-7-29)27-22(26-19)31-15-20-23-12-17(2)13-24-20/h3-5,10-14H,6-9,15H2,1-2H3,(H,26,27,28). The molecule has 1 N–H and O–H groups in total. The number of benzene rings is 1. The third-order valence-electron chi connectivity index (χ3n) is 4.63. The molecule has 0 aliphatic carbocycles. The Morgan fingerprint density at radius 3 is 2.68 bits per heavy atom. The molecule has 0 spiro atoms. The minimum atomic E-state index is 0.179. The molecule has 160 valence electrons. The first-order valence-corrected chi connectivity index (χ1v) is 10.1. The number of aryl methyl sites for hydroxylation is 2. The fraction of sp³-hybridized carbons (Fsp3) is 0.318. The lowest BCUT2D eigenvalue weighted by Gasteiger charge is -2.28. The van der Waals surface area contributed by atoms with Crippen molar-refractivity contribution in [1.82, 2.24) is 19.9 Å². The summed E-state index contributed by atoms with van der Waals surface area (Å²) in [6.07, 6.45) is 5.26. The first-order chi connectivity index (χ1) is 15.2. The molecule has 4 rings (SSSR count). The molecule has 1 fully saturated rings. The van der Waals surface area contributed by atoms with Crippen LogP contribution in [0.15, 0.2) is 47.8 Å². The molecule has 1 aliphatic heterocycles. The molecule has 0 bridgehead atoms. The largest absolute Gasteiger partial charge is 0.455 e. The van der Waals surface area contributed by atoms with Gasteiger partial charge in [0.05, 0.1) is 19.4 Å². The lowest BCUT2D eigenvalue weighted by atomic mass is 10.2. The summed E-state index contributed by atoms with van der Waals surface area (Å²) in [5.41, 5.74) is 6.16. The molecule has 0 amide bonds. The van der Waals surface area contributed by atoms with Gasteiger partial charge in [-0.25, -0.2) is 9.97 Å². The van der Waals surface area contributed by atoms with Crippen molar-refractivity contribution in [3.05, 3.63) is 65.2 Å². The zero-order chi connectivity index (χ0) is 21.5. The van der Waals surface area contributed by atoms with Crippen molar-refractivity contribution in [2.24, 2.45) is 5.10 Å². The Morgan fingerprint density at radius 1 is 1.10 bits per heavy atom. The quantitative estimate of drug-likeness (QED) is 0.461. The van der Waals surface area contributed by atoms with E-state index in [1.54, 1.807) is 18.6 Å². The number of hydrazone groups is 1. The summed E-state index contributed by atoms with van der Waals surface area (Å²) in [5.74, 6) is 1.87. The molecular formula is C22H25N7O2. The van der Waals surface area contributed by atoms with E-state index in [0.29, 0.717) is 24.9 Å². The Bertz CT molecular complexity index is 1030. The number of hydrogen-bond acceptors (Lipinski definition) is 9. The van der Waals surface area contributed by atoms with Gasteiger partial charge in [0.25, 0.3) is 0 Å². The number of ether oxygens (including phenoxy) is 2. The normalized spacial score (nSPS) is 14.1. The Hall–Kier alpha value is -3.59. The van der Waals surface area contributed by atoms with Gasteiger partial charge >= 0.3 is 6.01 Å². The van der Waals surface area contributed by atoms with Crippen molar-refractivity contribution in [2.75, 3.05) is 36.6 Å². The number of rotatable bonds is 7. The second-order valence-corrected chi connectivity index (χ2v) is 7.24. The molecule has 0 radical (unpaired) electrons. The van der Waals surface area contributed by atoms with Gasteiger partial charge in [0.15, 0.2) is 18.2 Å². The second-order valence-electron chi connectivity index (χ2n) is 7.24. The third kappa shape index (κ3) is 5.95. The van der Waals surface area contributed by atoms with Gasteiger partial charge in [-0.2, -0.15) is 15.1 Å². The summed E-state index contributed by atoms with van der Waals surface area (Å²) in [6, 6.07) is 10.2. The van der Waals surface area contributed by atoms with Gasteiger partial charge in [-0.1, -0.05) is 29.8 Å². The molecule has 0 saturated carbocycles. The van der Waals surface area contributed by atoms with Gasteiger partial charge in [-0.05, 0) is 25.0 Å². The van der Waals surface area contributed by atoms with E-state index in [1.165, 1.54) is 5.56 Å². The Balaban J connectivity index is 1.51. The Labute approximate surface area is 181 Å². The SMILES string of the molecule is Cc1cnc(COc2nc(NN=Cc3cccc(C)c3)cc(N3CCOCC3)n2)nc1. The van der Waals surface area contributed by atoms with Crippen LogP contribution in [0.3, 0.4) is 0 Å². The summed E-state index contributed by atoms with van der Waals surface area (Å²) >= 11 is 0. The first kappa shape index (κ1) is 20.7. The smallest absolute Gasteiger partial charge is 0.320 e. The molecule has 31 heavy (non-hydrogen) atoms. The van der Waals surface area contributed by atoms with Crippen molar-refractivity contribution in [1.29, 1.82) is 0 Å². The van der Waals surface area contributed by atoms with E-state index < -0.39 is 0 Å². The molecule has 3 heterocycles. The van der Waals surface area contributed by atoms with Crippen molar-refractivity contribution in [2.45, 2.75) is 20.5 Å². The summed E-state index contributed by atoms with van der Waals surface area (Å²) < 4.78 is 11.2. The number of nitrogens with zero attached hydrogens (tertiary/aromatic N) is 6. The highest BCUT2D eigenvalue weighted by Crippen LogP contribution is 2.21. The average Bonchev–Trinajstić information content (AvgIpc) is 2.79. The molecule has 0 unspecified atom stereocenters. The summed E-state index contributed by atoms with van der Waals surface area (Å²) in [7, 11) is 0. The Kier molecular flexibility index (Phi) is 6.63. The maximum Gasteiger partial charge on any atom is 0.320 e. The number of morpholine rings is 1. The predicted molar refractivity (Wildman–Crippen MR) is 119 cm³/mol. The molecule has 0 atom stereocenters. The summed E-state index contributed by atoms with van der Waals surface area (Å²) in [6.45, 7) is 6.99. The van der Waals surface area contributed by atoms with Crippen LogP contribution in [-0.2, 0) is 11.3 Å². The van der Waals surface area contributed by atoms with Crippen LogP contribution in [0.4, 0.5) is 11.6 Å². The van der Waals surface area contributed by atoms with Crippen LogP contribution in [0.1, 0.15) is 22.5 Å². The van der Waals surface area contributed by atoms with Crippen LogP contribution in [-0.4, -0.2) is 52.5 Å². The lowest BCUT2D eigenvalue weighted by molar-refractivity contribution is 0.122. The summed E-state index contributed by atoms with van der Waals surface area (Å²) in [5, 5.41) is 4.32. The van der Waals surface area contributed by atoms with Gasteiger partial charge in [0, 0.05) is 31.5 Å². The van der Waals surface area contributed by atoms with E-state index in [-0.39, 0.29) is 12.6 Å².